The zero-order valence-electron chi connectivity index (χ0n) is 17.9. The van der Waals surface area contributed by atoms with E-state index in [1.54, 1.807) is 0 Å². The van der Waals surface area contributed by atoms with Crippen molar-refractivity contribution < 1.29 is 14.3 Å². The Hall–Kier alpha value is -0.650. The first kappa shape index (κ1) is 23.0. The quantitative estimate of drug-likeness (QED) is 0.153. The van der Waals surface area contributed by atoms with Gasteiger partial charge in [0.05, 0.1) is 10.7 Å². The highest BCUT2D eigenvalue weighted by Gasteiger charge is 2.45. The minimum Gasteiger partial charge on any atom is -0.425 e. The Kier molecular flexibility index (Phi) is 9.74. The highest BCUT2D eigenvalue weighted by molar-refractivity contribution is 8.16. The lowest BCUT2D eigenvalue weighted by atomic mass is 10.0. The molecule has 5 heteroatoms. The van der Waals surface area contributed by atoms with E-state index in [2.05, 4.69) is 49.5 Å². The molecule has 0 bridgehead atoms. The lowest BCUT2D eigenvalue weighted by Gasteiger charge is -2.28. The lowest BCUT2D eigenvalue weighted by molar-refractivity contribution is -0.135. The van der Waals surface area contributed by atoms with Crippen LogP contribution in [0.1, 0.15) is 81.8 Å². The molecular formula is C24H36O3S2. The maximum atomic E-state index is 12.1. The third kappa shape index (κ3) is 7.52. The van der Waals surface area contributed by atoms with Crippen LogP contribution in [0.25, 0.3) is 0 Å². The number of hydrogen-bond donors (Lipinski definition) is 0. The van der Waals surface area contributed by atoms with E-state index in [0.717, 1.165) is 18.8 Å². The Morgan fingerprint density at radius 1 is 0.966 bits per heavy atom. The summed E-state index contributed by atoms with van der Waals surface area (Å²) < 4.78 is 11.4. The maximum absolute atomic E-state index is 12.1. The molecule has 2 saturated heterocycles. The summed E-state index contributed by atoms with van der Waals surface area (Å²) >= 11 is 4.14. The summed E-state index contributed by atoms with van der Waals surface area (Å²) in [6, 6.07) is 8.07. The van der Waals surface area contributed by atoms with Crippen LogP contribution >= 0.6 is 23.5 Å². The summed E-state index contributed by atoms with van der Waals surface area (Å²) in [6.45, 7) is 4.37. The van der Waals surface area contributed by atoms with Crippen molar-refractivity contribution in [3.63, 3.8) is 0 Å². The van der Waals surface area contributed by atoms with E-state index in [1.165, 1.54) is 62.0 Å². The standard InChI is InChI=1S/C24H36O3S2/c1-3-5-6-7-8-9-11-18-16-28-24(29-17-18)19-12-14-20(15-13-19)26-23(25)22-21(27-22)10-4-2/h12-15,18,21-22,24H,3-11,16-17H2,1-2H3/t18?,21-,22-,24?/m1/s1. The fourth-order valence-electron chi connectivity index (χ4n) is 3.84. The molecule has 2 aliphatic heterocycles. The van der Waals surface area contributed by atoms with Gasteiger partial charge in [-0.25, -0.2) is 4.79 Å². The van der Waals surface area contributed by atoms with Gasteiger partial charge in [-0.15, -0.1) is 23.5 Å². The molecule has 2 atom stereocenters. The first-order chi connectivity index (χ1) is 14.2. The van der Waals surface area contributed by atoms with Crippen LogP contribution < -0.4 is 4.74 Å². The van der Waals surface area contributed by atoms with Crippen molar-refractivity contribution in [2.75, 3.05) is 11.5 Å². The van der Waals surface area contributed by atoms with Gasteiger partial charge in [-0.05, 0) is 48.0 Å². The zero-order chi connectivity index (χ0) is 20.5. The summed E-state index contributed by atoms with van der Waals surface area (Å²) in [5, 5.41) is 0. The molecule has 2 heterocycles. The number of esters is 1. The predicted molar refractivity (Wildman–Crippen MR) is 125 cm³/mol. The van der Waals surface area contributed by atoms with Gasteiger partial charge in [0.2, 0.25) is 0 Å². The Bertz CT molecular complexity index is 611. The summed E-state index contributed by atoms with van der Waals surface area (Å²) in [5.74, 6) is 3.76. The molecule has 0 amide bonds. The van der Waals surface area contributed by atoms with E-state index in [0.29, 0.717) is 10.3 Å². The summed E-state index contributed by atoms with van der Waals surface area (Å²) in [6.07, 6.45) is 11.4. The maximum Gasteiger partial charge on any atom is 0.343 e. The molecule has 1 aromatic carbocycles. The molecule has 0 spiro atoms. The third-order valence-corrected chi connectivity index (χ3v) is 8.99. The van der Waals surface area contributed by atoms with E-state index >= 15 is 0 Å². The number of unbranched alkanes of at least 4 members (excludes halogenated alkanes) is 5. The molecule has 0 N–H and O–H groups in total. The SMILES string of the molecule is CCCCCCCCC1CSC(c2ccc(OC(=O)[C@@H]3O[C@@H]3CCC)cc2)SC1. The molecule has 1 aromatic rings. The molecule has 0 unspecified atom stereocenters. The Balaban J connectivity index is 1.34. The number of benzene rings is 1. The van der Waals surface area contributed by atoms with Crippen molar-refractivity contribution >= 4 is 29.5 Å². The van der Waals surface area contributed by atoms with Crippen molar-refractivity contribution in [1.82, 2.24) is 0 Å². The molecule has 162 valence electrons. The predicted octanol–water partition coefficient (Wildman–Crippen LogP) is 7.00. The van der Waals surface area contributed by atoms with Crippen LogP contribution in [-0.4, -0.2) is 29.7 Å². The van der Waals surface area contributed by atoms with Crippen LogP contribution in [0.3, 0.4) is 0 Å². The van der Waals surface area contributed by atoms with Gasteiger partial charge in [0, 0.05) is 0 Å². The van der Waals surface area contributed by atoms with Gasteiger partial charge in [0.1, 0.15) is 5.75 Å². The fraction of sp³-hybridized carbons (Fsp3) is 0.708. The fourth-order valence-corrected chi connectivity index (χ4v) is 7.00. The first-order valence-electron chi connectivity index (χ1n) is 11.4. The Morgan fingerprint density at radius 2 is 1.66 bits per heavy atom. The van der Waals surface area contributed by atoms with Gasteiger partial charge in [-0.2, -0.15) is 0 Å². The lowest BCUT2D eigenvalue weighted by Crippen LogP contribution is -2.17. The second-order valence-electron chi connectivity index (χ2n) is 8.30. The largest absolute Gasteiger partial charge is 0.425 e. The van der Waals surface area contributed by atoms with Gasteiger partial charge >= 0.3 is 5.97 Å². The topological polar surface area (TPSA) is 38.8 Å². The van der Waals surface area contributed by atoms with Crippen LogP contribution in [0.4, 0.5) is 0 Å². The Labute approximate surface area is 185 Å². The number of carbonyl (C=O) groups excluding carboxylic acids is 1. The first-order valence-corrected chi connectivity index (χ1v) is 13.5. The summed E-state index contributed by atoms with van der Waals surface area (Å²) in [4.78, 5) is 12.1. The molecular weight excluding hydrogens is 400 g/mol. The number of ether oxygens (including phenoxy) is 2. The number of rotatable bonds is 12. The van der Waals surface area contributed by atoms with Crippen LogP contribution in [0.2, 0.25) is 0 Å². The van der Waals surface area contributed by atoms with E-state index in [1.807, 2.05) is 12.1 Å². The van der Waals surface area contributed by atoms with Crippen molar-refractivity contribution in [3.8, 4) is 5.75 Å². The summed E-state index contributed by atoms with van der Waals surface area (Å²) in [7, 11) is 0. The third-order valence-electron chi connectivity index (χ3n) is 5.69. The monoisotopic (exact) mass is 436 g/mol. The molecule has 0 radical (unpaired) electrons. The second-order valence-corrected chi connectivity index (χ2v) is 10.9. The minimum atomic E-state index is -0.359. The number of carbonyl (C=O) groups is 1. The molecule has 29 heavy (non-hydrogen) atoms. The van der Waals surface area contributed by atoms with Crippen molar-refractivity contribution in [2.45, 2.75) is 88.4 Å². The number of hydrogen-bond acceptors (Lipinski definition) is 5. The average molecular weight is 437 g/mol. The van der Waals surface area contributed by atoms with Crippen molar-refractivity contribution in [1.29, 1.82) is 0 Å². The molecule has 2 fully saturated rings. The molecule has 0 saturated carbocycles. The highest BCUT2D eigenvalue weighted by Crippen LogP contribution is 2.46. The van der Waals surface area contributed by atoms with Crippen molar-refractivity contribution in [3.05, 3.63) is 29.8 Å². The van der Waals surface area contributed by atoms with E-state index in [4.69, 9.17) is 9.47 Å². The zero-order valence-corrected chi connectivity index (χ0v) is 19.6. The Morgan fingerprint density at radius 3 is 2.34 bits per heavy atom. The van der Waals surface area contributed by atoms with Gasteiger partial charge < -0.3 is 9.47 Å². The van der Waals surface area contributed by atoms with E-state index in [-0.39, 0.29) is 18.2 Å². The van der Waals surface area contributed by atoms with E-state index in [9.17, 15) is 4.79 Å². The van der Waals surface area contributed by atoms with Crippen LogP contribution in [-0.2, 0) is 9.53 Å². The molecule has 3 nitrogen and oxygen atoms in total. The smallest absolute Gasteiger partial charge is 0.343 e. The van der Waals surface area contributed by atoms with Crippen LogP contribution in [0, 0.1) is 5.92 Å². The van der Waals surface area contributed by atoms with Gasteiger partial charge in [0.25, 0.3) is 0 Å². The van der Waals surface area contributed by atoms with Gasteiger partial charge in [-0.3, -0.25) is 0 Å². The number of thioether (sulfide) groups is 2. The minimum absolute atomic E-state index is 0.0612. The van der Waals surface area contributed by atoms with Gasteiger partial charge in [0.15, 0.2) is 6.10 Å². The summed E-state index contributed by atoms with van der Waals surface area (Å²) in [5.41, 5.74) is 1.32. The molecule has 3 rings (SSSR count). The molecule has 2 aliphatic rings. The van der Waals surface area contributed by atoms with Crippen LogP contribution in [0.5, 0.6) is 5.75 Å². The van der Waals surface area contributed by atoms with Gasteiger partial charge in [-0.1, -0.05) is 70.9 Å². The molecule has 0 aliphatic carbocycles. The van der Waals surface area contributed by atoms with E-state index < -0.39 is 0 Å². The second kappa shape index (κ2) is 12.3. The average Bonchev–Trinajstić information content (AvgIpc) is 3.51. The van der Waals surface area contributed by atoms with Crippen LogP contribution in [0.15, 0.2) is 24.3 Å². The molecule has 0 aromatic heterocycles. The highest BCUT2D eigenvalue weighted by atomic mass is 32.2. The van der Waals surface area contributed by atoms with Crippen molar-refractivity contribution in [2.24, 2.45) is 5.92 Å². The normalized spacial score (nSPS) is 26.3. The number of epoxide rings is 1.